The van der Waals surface area contributed by atoms with Crippen molar-refractivity contribution >= 4 is 5.78 Å². The van der Waals surface area contributed by atoms with Crippen molar-refractivity contribution in [3.63, 3.8) is 0 Å². The van der Waals surface area contributed by atoms with Crippen LogP contribution in [0.5, 0.6) is 0 Å². The van der Waals surface area contributed by atoms with Gasteiger partial charge in [-0.2, -0.15) is 0 Å². The lowest BCUT2D eigenvalue weighted by Gasteiger charge is -2.23. The smallest absolute Gasteiger partial charge is 0.173 e. The van der Waals surface area contributed by atoms with Gasteiger partial charge in [0.05, 0.1) is 5.41 Å². The molecule has 1 atom stereocenters. The molecule has 76 valence electrons. The van der Waals surface area contributed by atoms with Gasteiger partial charge >= 0.3 is 0 Å². The van der Waals surface area contributed by atoms with E-state index < -0.39 is 0 Å². The van der Waals surface area contributed by atoms with Gasteiger partial charge in [-0.3, -0.25) is 4.79 Å². The summed E-state index contributed by atoms with van der Waals surface area (Å²) in [6.45, 7) is 2.11. The maximum absolute atomic E-state index is 12.4. The Morgan fingerprint density at radius 1 is 1.27 bits per heavy atom. The van der Waals surface area contributed by atoms with Gasteiger partial charge in [0.25, 0.3) is 0 Å². The van der Waals surface area contributed by atoms with E-state index in [4.69, 9.17) is 0 Å². The number of fused-ring (bicyclic) bond motifs is 1. The zero-order valence-corrected chi connectivity index (χ0v) is 8.92. The molecule has 15 heavy (non-hydrogen) atoms. The molecule has 2 aliphatic carbocycles. The number of ketones is 1. The van der Waals surface area contributed by atoms with E-state index in [1.54, 1.807) is 0 Å². The summed E-state index contributed by atoms with van der Waals surface area (Å²) >= 11 is 0. The molecule has 1 spiro atoms. The number of benzene rings is 1. The Labute approximate surface area is 89.8 Å². The molecule has 0 bridgehead atoms. The summed E-state index contributed by atoms with van der Waals surface area (Å²) < 4.78 is 0. The quantitative estimate of drug-likeness (QED) is 0.585. The molecule has 0 N–H and O–H groups in total. The summed E-state index contributed by atoms with van der Waals surface area (Å²) in [4.78, 5) is 12.4. The van der Waals surface area contributed by atoms with Crippen molar-refractivity contribution < 1.29 is 4.79 Å². The van der Waals surface area contributed by atoms with Crippen LogP contribution in [0.4, 0.5) is 0 Å². The minimum Gasteiger partial charge on any atom is -0.293 e. The fourth-order valence-corrected chi connectivity index (χ4v) is 3.01. The third-order valence-electron chi connectivity index (χ3n) is 3.97. The lowest BCUT2D eigenvalue weighted by atomic mass is 9.78. The molecule has 0 heterocycles. The van der Waals surface area contributed by atoms with E-state index in [1.807, 2.05) is 18.2 Å². The van der Waals surface area contributed by atoms with Crippen LogP contribution in [0.1, 0.15) is 35.7 Å². The normalized spacial score (nSPS) is 28.3. The minimum atomic E-state index is -0.163. The van der Waals surface area contributed by atoms with Crippen LogP contribution in [0.3, 0.4) is 0 Å². The van der Waals surface area contributed by atoms with Gasteiger partial charge < -0.3 is 0 Å². The van der Waals surface area contributed by atoms with E-state index in [9.17, 15) is 4.79 Å². The highest BCUT2D eigenvalue weighted by molar-refractivity contribution is 6.07. The van der Waals surface area contributed by atoms with E-state index in [-0.39, 0.29) is 5.41 Å². The van der Waals surface area contributed by atoms with E-state index >= 15 is 0 Å². The molecule has 2 aliphatic rings. The summed E-state index contributed by atoms with van der Waals surface area (Å²) in [5.41, 5.74) is 3.30. The van der Waals surface area contributed by atoms with Crippen LogP contribution in [0, 0.1) is 5.41 Å². The second-order valence-corrected chi connectivity index (χ2v) is 4.67. The highest BCUT2D eigenvalue weighted by atomic mass is 16.1. The summed E-state index contributed by atoms with van der Waals surface area (Å²) in [6, 6.07) is 8.05. The topological polar surface area (TPSA) is 17.1 Å². The summed E-state index contributed by atoms with van der Waals surface area (Å²) in [6.07, 6.45) is 5.21. The van der Waals surface area contributed by atoms with Crippen molar-refractivity contribution in [2.45, 2.75) is 26.2 Å². The molecule has 0 aromatic heterocycles. The molecular weight excluding hydrogens is 184 g/mol. The zero-order valence-electron chi connectivity index (χ0n) is 8.92. The standard InChI is InChI=1S/C14H14O/c1-10-5-4-8-14(10)9-11-6-2-3-7-12(11)13(14)15/h2-3,5-7H,4,8-9H2,1H3. The van der Waals surface area contributed by atoms with Gasteiger partial charge in [-0.15, -0.1) is 0 Å². The third-order valence-corrected chi connectivity index (χ3v) is 3.97. The molecule has 0 amide bonds. The van der Waals surface area contributed by atoms with Crippen molar-refractivity contribution in [3.05, 3.63) is 47.0 Å². The van der Waals surface area contributed by atoms with E-state index in [1.165, 1.54) is 11.1 Å². The lowest BCUT2D eigenvalue weighted by Crippen LogP contribution is -2.26. The number of allylic oxidation sites excluding steroid dienone is 2. The van der Waals surface area contributed by atoms with Crippen molar-refractivity contribution in [1.82, 2.24) is 0 Å². The number of Topliss-reactive ketones (excluding diaryl/α,β-unsaturated/α-hetero) is 1. The molecule has 0 radical (unpaired) electrons. The zero-order chi connectivity index (χ0) is 10.5. The predicted molar refractivity (Wildman–Crippen MR) is 59.9 cm³/mol. The lowest BCUT2D eigenvalue weighted by molar-refractivity contribution is 0.0863. The van der Waals surface area contributed by atoms with Crippen LogP contribution in [0.15, 0.2) is 35.9 Å². The fourth-order valence-electron chi connectivity index (χ4n) is 3.01. The molecule has 1 aromatic carbocycles. The molecule has 1 heteroatoms. The molecular formula is C14H14O. The van der Waals surface area contributed by atoms with Crippen molar-refractivity contribution in [2.24, 2.45) is 5.41 Å². The van der Waals surface area contributed by atoms with E-state index in [0.29, 0.717) is 5.78 Å². The second-order valence-electron chi connectivity index (χ2n) is 4.67. The summed E-state index contributed by atoms with van der Waals surface area (Å²) in [5.74, 6) is 0.351. The summed E-state index contributed by atoms with van der Waals surface area (Å²) in [7, 11) is 0. The molecule has 0 saturated heterocycles. The Balaban J connectivity index is 2.15. The monoisotopic (exact) mass is 198 g/mol. The first-order valence-corrected chi connectivity index (χ1v) is 5.54. The van der Waals surface area contributed by atoms with Crippen molar-refractivity contribution in [3.8, 4) is 0 Å². The maximum Gasteiger partial charge on any atom is 0.173 e. The van der Waals surface area contributed by atoms with Crippen LogP contribution < -0.4 is 0 Å². The molecule has 0 saturated carbocycles. The largest absolute Gasteiger partial charge is 0.293 e. The third kappa shape index (κ3) is 1.01. The predicted octanol–water partition coefficient (Wildman–Crippen LogP) is 3.15. The first-order chi connectivity index (χ1) is 7.24. The van der Waals surface area contributed by atoms with Gasteiger partial charge in [0, 0.05) is 5.56 Å². The highest BCUT2D eigenvalue weighted by Gasteiger charge is 2.47. The van der Waals surface area contributed by atoms with Crippen LogP contribution >= 0.6 is 0 Å². The highest BCUT2D eigenvalue weighted by Crippen LogP contribution is 2.49. The SMILES string of the molecule is CC1=CCCC12Cc1ccccc1C2=O. The number of carbonyl (C=O) groups excluding carboxylic acids is 1. The van der Waals surface area contributed by atoms with Gasteiger partial charge in [0.2, 0.25) is 0 Å². The van der Waals surface area contributed by atoms with Gasteiger partial charge in [-0.25, -0.2) is 0 Å². The Morgan fingerprint density at radius 3 is 2.73 bits per heavy atom. The molecule has 0 aliphatic heterocycles. The number of hydrogen-bond donors (Lipinski definition) is 0. The first-order valence-electron chi connectivity index (χ1n) is 5.54. The Bertz CT molecular complexity index is 470. The molecule has 1 aromatic rings. The number of rotatable bonds is 0. The maximum atomic E-state index is 12.4. The van der Waals surface area contributed by atoms with Crippen LogP contribution in [-0.2, 0) is 6.42 Å². The van der Waals surface area contributed by atoms with Crippen LogP contribution in [0.25, 0.3) is 0 Å². The van der Waals surface area contributed by atoms with Gasteiger partial charge in [0.1, 0.15) is 0 Å². The second kappa shape index (κ2) is 2.82. The number of carbonyl (C=O) groups is 1. The van der Waals surface area contributed by atoms with E-state index in [2.05, 4.69) is 19.1 Å². The van der Waals surface area contributed by atoms with E-state index in [0.717, 1.165) is 24.8 Å². The Morgan fingerprint density at radius 2 is 2.07 bits per heavy atom. The van der Waals surface area contributed by atoms with Gasteiger partial charge in [-0.1, -0.05) is 35.9 Å². The summed E-state index contributed by atoms with van der Waals surface area (Å²) in [5, 5.41) is 0. The van der Waals surface area contributed by atoms with Gasteiger partial charge in [0.15, 0.2) is 5.78 Å². The van der Waals surface area contributed by atoms with Crippen LogP contribution in [-0.4, -0.2) is 5.78 Å². The Hall–Kier alpha value is -1.37. The van der Waals surface area contributed by atoms with Crippen molar-refractivity contribution in [1.29, 1.82) is 0 Å². The average molecular weight is 198 g/mol. The van der Waals surface area contributed by atoms with Crippen molar-refractivity contribution in [2.75, 3.05) is 0 Å². The fraction of sp³-hybridized carbons (Fsp3) is 0.357. The molecule has 1 nitrogen and oxygen atoms in total. The molecule has 3 rings (SSSR count). The van der Waals surface area contributed by atoms with Crippen LogP contribution in [0.2, 0.25) is 0 Å². The molecule has 0 fully saturated rings. The molecule has 1 unspecified atom stereocenters. The average Bonchev–Trinajstić information content (AvgIpc) is 2.74. The number of hydrogen-bond acceptors (Lipinski definition) is 1. The first kappa shape index (κ1) is 8.90. The van der Waals surface area contributed by atoms with Gasteiger partial charge in [-0.05, 0) is 31.7 Å². The Kier molecular flexibility index (Phi) is 1.67. The minimum absolute atomic E-state index is 0.163.